The average molecular weight is 395 g/mol. The van der Waals surface area contributed by atoms with Crippen LogP contribution in [0.1, 0.15) is 22.6 Å². The van der Waals surface area contributed by atoms with Gasteiger partial charge in [0.05, 0.1) is 5.75 Å². The zero-order chi connectivity index (χ0) is 19.5. The number of aromatic nitrogens is 2. The van der Waals surface area contributed by atoms with Crippen LogP contribution in [0.2, 0.25) is 0 Å². The van der Waals surface area contributed by atoms with E-state index in [2.05, 4.69) is 16.3 Å². The van der Waals surface area contributed by atoms with E-state index >= 15 is 0 Å². The lowest BCUT2D eigenvalue weighted by Gasteiger charge is -2.16. The molecule has 0 atom stereocenters. The SMILES string of the molecule is Cc1cccc(C)c1OCc1nnc(SCC(=O)N2CCc3ccccc32)o1. The Kier molecular flexibility index (Phi) is 5.34. The molecule has 6 nitrogen and oxygen atoms in total. The van der Waals surface area contributed by atoms with Crippen LogP contribution in [0.5, 0.6) is 5.75 Å². The van der Waals surface area contributed by atoms with E-state index in [0.29, 0.717) is 11.1 Å². The van der Waals surface area contributed by atoms with Gasteiger partial charge in [0.15, 0.2) is 6.61 Å². The van der Waals surface area contributed by atoms with E-state index in [-0.39, 0.29) is 18.3 Å². The van der Waals surface area contributed by atoms with Gasteiger partial charge in [0.1, 0.15) is 5.75 Å². The Balaban J connectivity index is 1.32. The molecule has 1 aliphatic heterocycles. The first kappa shape index (κ1) is 18.6. The normalized spacial score (nSPS) is 12.9. The molecule has 144 valence electrons. The average Bonchev–Trinajstić information content (AvgIpc) is 3.33. The van der Waals surface area contributed by atoms with Gasteiger partial charge in [-0.3, -0.25) is 4.79 Å². The van der Waals surface area contributed by atoms with E-state index in [1.165, 1.54) is 17.3 Å². The first-order valence-corrected chi connectivity index (χ1v) is 10.1. The van der Waals surface area contributed by atoms with Crippen molar-refractivity contribution in [1.82, 2.24) is 10.2 Å². The number of hydrogen-bond donors (Lipinski definition) is 0. The number of nitrogens with zero attached hydrogens (tertiary/aromatic N) is 3. The van der Waals surface area contributed by atoms with Gasteiger partial charge in [-0.05, 0) is 43.0 Å². The summed E-state index contributed by atoms with van der Waals surface area (Å²) in [6, 6.07) is 14.0. The van der Waals surface area contributed by atoms with Gasteiger partial charge in [-0.25, -0.2) is 0 Å². The van der Waals surface area contributed by atoms with Crippen LogP contribution in [-0.4, -0.2) is 28.4 Å². The summed E-state index contributed by atoms with van der Waals surface area (Å²) in [4.78, 5) is 14.4. The van der Waals surface area contributed by atoms with Gasteiger partial charge < -0.3 is 14.1 Å². The number of fused-ring (bicyclic) bond motifs is 1. The molecular formula is C21H21N3O3S. The van der Waals surface area contributed by atoms with E-state index in [9.17, 15) is 4.79 Å². The topological polar surface area (TPSA) is 68.5 Å². The van der Waals surface area contributed by atoms with Crippen molar-refractivity contribution < 1.29 is 13.9 Å². The first-order chi connectivity index (χ1) is 13.6. The molecule has 4 rings (SSSR count). The number of hydrogen-bond acceptors (Lipinski definition) is 6. The minimum atomic E-state index is 0.0430. The van der Waals surface area contributed by atoms with Crippen LogP contribution >= 0.6 is 11.8 Å². The summed E-state index contributed by atoms with van der Waals surface area (Å²) in [5, 5.41) is 8.40. The van der Waals surface area contributed by atoms with Crippen LogP contribution in [0.3, 0.4) is 0 Å². The second kappa shape index (κ2) is 8.06. The van der Waals surface area contributed by atoms with Crippen LogP contribution in [-0.2, 0) is 17.8 Å². The van der Waals surface area contributed by atoms with Crippen molar-refractivity contribution in [2.75, 3.05) is 17.2 Å². The standard InChI is InChI=1S/C21H21N3O3S/c1-14-6-5-7-15(2)20(14)26-12-18-22-23-21(27-18)28-13-19(25)24-11-10-16-8-3-4-9-17(16)24/h3-9H,10-13H2,1-2H3. The third-order valence-electron chi connectivity index (χ3n) is 4.70. The Morgan fingerprint density at radius 2 is 1.93 bits per heavy atom. The van der Waals surface area contributed by atoms with Gasteiger partial charge in [-0.1, -0.05) is 48.2 Å². The minimum absolute atomic E-state index is 0.0430. The molecule has 0 N–H and O–H groups in total. The molecule has 7 heteroatoms. The molecular weight excluding hydrogens is 374 g/mol. The predicted molar refractivity (Wildman–Crippen MR) is 108 cm³/mol. The second-order valence-corrected chi connectivity index (χ2v) is 7.61. The summed E-state index contributed by atoms with van der Waals surface area (Å²) in [7, 11) is 0. The predicted octanol–water partition coefficient (Wildman–Crippen LogP) is 3.95. The van der Waals surface area contributed by atoms with Crippen LogP contribution in [0.15, 0.2) is 52.1 Å². The zero-order valence-electron chi connectivity index (χ0n) is 15.8. The molecule has 2 heterocycles. The highest BCUT2D eigenvalue weighted by atomic mass is 32.2. The lowest BCUT2D eigenvalue weighted by Crippen LogP contribution is -2.30. The smallest absolute Gasteiger partial charge is 0.277 e. The largest absolute Gasteiger partial charge is 0.483 e. The fourth-order valence-corrected chi connectivity index (χ4v) is 3.97. The molecule has 0 fully saturated rings. The van der Waals surface area contributed by atoms with E-state index in [1.54, 1.807) is 0 Å². The van der Waals surface area contributed by atoms with E-state index in [1.807, 2.05) is 55.1 Å². The lowest BCUT2D eigenvalue weighted by atomic mass is 10.1. The first-order valence-electron chi connectivity index (χ1n) is 9.14. The number of aryl methyl sites for hydroxylation is 2. The third kappa shape index (κ3) is 3.89. The van der Waals surface area contributed by atoms with Crippen molar-refractivity contribution in [3.05, 3.63) is 65.0 Å². The number of para-hydroxylation sites is 2. The number of benzene rings is 2. The number of carbonyl (C=O) groups is 1. The number of anilines is 1. The lowest BCUT2D eigenvalue weighted by molar-refractivity contribution is -0.116. The molecule has 0 radical (unpaired) electrons. The Bertz CT molecular complexity index is 982. The molecule has 1 aromatic heterocycles. The van der Waals surface area contributed by atoms with Crippen LogP contribution in [0, 0.1) is 13.8 Å². The molecule has 3 aromatic rings. The van der Waals surface area contributed by atoms with Crippen molar-refractivity contribution in [3.63, 3.8) is 0 Å². The molecule has 0 aliphatic carbocycles. The number of rotatable bonds is 6. The molecule has 0 bridgehead atoms. The Morgan fingerprint density at radius 1 is 1.14 bits per heavy atom. The van der Waals surface area contributed by atoms with Gasteiger partial charge in [-0.2, -0.15) is 0 Å². The van der Waals surface area contributed by atoms with Gasteiger partial charge in [-0.15, -0.1) is 10.2 Å². The summed E-state index contributed by atoms with van der Waals surface area (Å²) in [6.07, 6.45) is 0.896. The van der Waals surface area contributed by atoms with Gasteiger partial charge in [0.2, 0.25) is 5.91 Å². The molecule has 0 saturated heterocycles. The molecule has 28 heavy (non-hydrogen) atoms. The highest BCUT2D eigenvalue weighted by molar-refractivity contribution is 7.99. The van der Waals surface area contributed by atoms with Gasteiger partial charge in [0.25, 0.3) is 11.1 Å². The van der Waals surface area contributed by atoms with Crippen molar-refractivity contribution in [1.29, 1.82) is 0 Å². The van der Waals surface area contributed by atoms with E-state index in [0.717, 1.165) is 35.5 Å². The van der Waals surface area contributed by atoms with Crippen LogP contribution in [0.25, 0.3) is 0 Å². The maximum absolute atomic E-state index is 12.6. The molecule has 0 spiro atoms. The molecule has 1 amide bonds. The van der Waals surface area contributed by atoms with E-state index in [4.69, 9.17) is 9.15 Å². The quantitative estimate of drug-likeness (QED) is 0.589. The van der Waals surface area contributed by atoms with Crippen molar-refractivity contribution in [2.24, 2.45) is 0 Å². The highest BCUT2D eigenvalue weighted by Crippen LogP contribution is 2.29. The molecule has 0 unspecified atom stereocenters. The number of ether oxygens (including phenoxy) is 1. The number of thioether (sulfide) groups is 1. The Morgan fingerprint density at radius 3 is 2.75 bits per heavy atom. The molecule has 0 saturated carbocycles. The maximum atomic E-state index is 12.6. The maximum Gasteiger partial charge on any atom is 0.277 e. The fraction of sp³-hybridized carbons (Fsp3) is 0.286. The highest BCUT2D eigenvalue weighted by Gasteiger charge is 2.24. The van der Waals surface area contributed by atoms with E-state index < -0.39 is 0 Å². The summed E-state index contributed by atoms with van der Waals surface area (Å²) in [5.74, 6) is 1.52. The van der Waals surface area contributed by atoms with Crippen LogP contribution < -0.4 is 9.64 Å². The van der Waals surface area contributed by atoms with Crippen molar-refractivity contribution >= 4 is 23.4 Å². The zero-order valence-corrected chi connectivity index (χ0v) is 16.7. The van der Waals surface area contributed by atoms with Gasteiger partial charge in [0, 0.05) is 12.2 Å². The number of amides is 1. The molecule has 2 aromatic carbocycles. The number of carbonyl (C=O) groups excluding carboxylic acids is 1. The monoisotopic (exact) mass is 395 g/mol. The summed E-state index contributed by atoms with van der Waals surface area (Å²) in [6.45, 7) is 4.92. The summed E-state index contributed by atoms with van der Waals surface area (Å²) >= 11 is 1.25. The second-order valence-electron chi connectivity index (χ2n) is 6.68. The molecule has 1 aliphatic rings. The third-order valence-corrected chi connectivity index (χ3v) is 5.51. The summed E-state index contributed by atoms with van der Waals surface area (Å²) < 4.78 is 11.4. The Hall–Kier alpha value is -2.80. The van der Waals surface area contributed by atoms with Crippen LogP contribution in [0.4, 0.5) is 5.69 Å². The Labute approximate surface area is 167 Å². The fourth-order valence-electron chi connectivity index (χ4n) is 3.31. The van der Waals surface area contributed by atoms with Crippen molar-refractivity contribution in [3.8, 4) is 5.75 Å². The van der Waals surface area contributed by atoms with Crippen molar-refractivity contribution in [2.45, 2.75) is 32.1 Å². The summed E-state index contributed by atoms with van der Waals surface area (Å²) in [5.41, 5.74) is 4.34. The van der Waals surface area contributed by atoms with Gasteiger partial charge >= 0.3 is 0 Å². The minimum Gasteiger partial charge on any atom is -0.483 e.